The Kier molecular flexibility index (Phi) is 3.62. The fourth-order valence-corrected chi connectivity index (χ4v) is 1.29. The number of halogens is 1. The summed E-state index contributed by atoms with van der Waals surface area (Å²) < 4.78 is 0.798. The van der Waals surface area contributed by atoms with Gasteiger partial charge in [0, 0.05) is 10.5 Å². The van der Waals surface area contributed by atoms with Crippen LogP contribution < -0.4 is 0 Å². The average Bonchev–Trinajstić information content (AvgIpc) is 2.15. The molecular weight excluding hydrogens is 264 g/mol. The Morgan fingerprint density at radius 1 is 1.13 bits per heavy atom. The molecule has 0 saturated heterocycles. The fourth-order valence-electron chi connectivity index (χ4n) is 1.02. The smallest absolute Gasteiger partial charge is 0.336 e. The highest BCUT2D eigenvalue weighted by atomic mass is 79.9. The number of carboxylic acids is 2. The maximum Gasteiger partial charge on any atom is 0.336 e. The van der Waals surface area contributed by atoms with Gasteiger partial charge in [0.1, 0.15) is 0 Å². The maximum atomic E-state index is 10.8. The molecule has 78 valence electrons. The van der Waals surface area contributed by atoms with Gasteiger partial charge in [-0.2, -0.15) is 0 Å². The first kappa shape index (κ1) is 11.5. The van der Waals surface area contributed by atoms with Crippen molar-refractivity contribution in [2.24, 2.45) is 0 Å². The monoisotopic (exact) mass is 270 g/mol. The minimum absolute atomic E-state index is 0.241. The van der Waals surface area contributed by atoms with Crippen LogP contribution in [0, 0.1) is 0 Å². The molecule has 0 radical (unpaired) electrons. The van der Waals surface area contributed by atoms with Gasteiger partial charge in [0.2, 0.25) is 0 Å². The summed E-state index contributed by atoms with van der Waals surface area (Å²) in [6.07, 6.45) is 0.672. The van der Waals surface area contributed by atoms with Crippen LogP contribution in [-0.4, -0.2) is 22.2 Å². The van der Waals surface area contributed by atoms with Gasteiger partial charge in [-0.3, -0.25) is 0 Å². The Morgan fingerprint density at radius 3 is 2.07 bits per heavy atom. The predicted octanol–water partition coefficient (Wildman–Crippen LogP) is 2.00. The summed E-state index contributed by atoms with van der Waals surface area (Å²) in [6, 6.07) is 6.36. The van der Waals surface area contributed by atoms with E-state index in [4.69, 9.17) is 10.2 Å². The molecule has 0 aliphatic carbocycles. The van der Waals surface area contributed by atoms with Crippen molar-refractivity contribution in [1.82, 2.24) is 0 Å². The van der Waals surface area contributed by atoms with Crippen LogP contribution in [0.4, 0.5) is 0 Å². The van der Waals surface area contributed by atoms with Crippen molar-refractivity contribution in [3.8, 4) is 0 Å². The van der Waals surface area contributed by atoms with Gasteiger partial charge < -0.3 is 10.2 Å². The SMILES string of the molecule is O=C(O)/C=C(\C(=O)O)c1ccc(Br)cc1. The molecule has 0 aliphatic heterocycles. The first-order valence-electron chi connectivity index (χ1n) is 3.94. The summed E-state index contributed by atoms with van der Waals surface area (Å²) >= 11 is 3.20. The van der Waals surface area contributed by atoms with E-state index in [1.807, 2.05) is 0 Å². The molecule has 15 heavy (non-hydrogen) atoms. The van der Waals surface area contributed by atoms with Crippen molar-refractivity contribution in [2.75, 3.05) is 0 Å². The number of hydrogen-bond donors (Lipinski definition) is 2. The highest BCUT2D eigenvalue weighted by Crippen LogP contribution is 2.18. The summed E-state index contributed by atoms with van der Waals surface area (Å²) in [5.41, 5.74) is 0.114. The second-order valence-corrected chi connectivity index (χ2v) is 3.62. The third-order valence-electron chi connectivity index (χ3n) is 1.65. The van der Waals surface area contributed by atoms with Crippen LogP contribution in [0.25, 0.3) is 5.57 Å². The number of aliphatic carboxylic acids is 2. The van der Waals surface area contributed by atoms with Crippen LogP contribution in [0.3, 0.4) is 0 Å². The van der Waals surface area contributed by atoms with Crippen LogP contribution in [0.2, 0.25) is 0 Å². The van der Waals surface area contributed by atoms with E-state index in [-0.39, 0.29) is 5.57 Å². The molecule has 1 rings (SSSR count). The van der Waals surface area contributed by atoms with Crippen LogP contribution in [0.5, 0.6) is 0 Å². The van der Waals surface area contributed by atoms with Crippen LogP contribution in [0.15, 0.2) is 34.8 Å². The van der Waals surface area contributed by atoms with E-state index in [1.165, 1.54) is 12.1 Å². The van der Waals surface area contributed by atoms with Gasteiger partial charge in [0.05, 0.1) is 5.57 Å². The lowest BCUT2D eigenvalue weighted by Gasteiger charge is -2.01. The predicted molar refractivity (Wildman–Crippen MR) is 57.4 cm³/mol. The molecule has 0 unspecified atom stereocenters. The second kappa shape index (κ2) is 4.75. The molecule has 5 heteroatoms. The summed E-state index contributed by atoms with van der Waals surface area (Å²) in [6.45, 7) is 0. The number of rotatable bonds is 3. The lowest BCUT2D eigenvalue weighted by Crippen LogP contribution is -2.02. The molecular formula is C10H7BrO4. The quantitative estimate of drug-likeness (QED) is 0.824. The molecule has 0 fully saturated rings. The molecule has 2 N–H and O–H groups in total. The normalized spacial score (nSPS) is 11.1. The van der Waals surface area contributed by atoms with Crippen molar-refractivity contribution in [2.45, 2.75) is 0 Å². The summed E-state index contributed by atoms with van der Waals surface area (Å²) in [4.78, 5) is 21.2. The molecule has 0 heterocycles. The van der Waals surface area contributed by atoms with Crippen LogP contribution in [-0.2, 0) is 9.59 Å². The molecule has 4 nitrogen and oxygen atoms in total. The van der Waals surface area contributed by atoms with Crippen molar-refractivity contribution >= 4 is 33.4 Å². The van der Waals surface area contributed by atoms with Crippen molar-refractivity contribution in [3.63, 3.8) is 0 Å². The van der Waals surface area contributed by atoms with Crippen molar-refractivity contribution in [1.29, 1.82) is 0 Å². The first-order chi connectivity index (χ1) is 7.00. The van der Waals surface area contributed by atoms with E-state index >= 15 is 0 Å². The highest BCUT2D eigenvalue weighted by molar-refractivity contribution is 9.10. The average molecular weight is 271 g/mol. The number of carbonyl (C=O) groups is 2. The van der Waals surface area contributed by atoms with Gasteiger partial charge in [-0.25, -0.2) is 9.59 Å². The second-order valence-electron chi connectivity index (χ2n) is 2.71. The van der Waals surface area contributed by atoms with Crippen LogP contribution >= 0.6 is 15.9 Å². The van der Waals surface area contributed by atoms with Gasteiger partial charge >= 0.3 is 11.9 Å². The highest BCUT2D eigenvalue weighted by Gasteiger charge is 2.11. The minimum Gasteiger partial charge on any atom is -0.478 e. The van der Waals surface area contributed by atoms with E-state index in [1.54, 1.807) is 12.1 Å². The van der Waals surface area contributed by atoms with E-state index in [9.17, 15) is 9.59 Å². The third-order valence-corrected chi connectivity index (χ3v) is 2.18. The molecule has 0 amide bonds. The zero-order valence-corrected chi connectivity index (χ0v) is 9.06. The Balaban J connectivity index is 3.16. The molecule has 0 atom stereocenters. The molecule has 0 spiro atoms. The van der Waals surface area contributed by atoms with Crippen molar-refractivity contribution < 1.29 is 19.8 Å². The zero-order chi connectivity index (χ0) is 11.4. The van der Waals surface area contributed by atoms with Gasteiger partial charge in [0.25, 0.3) is 0 Å². The molecule has 0 saturated carbocycles. The zero-order valence-electron chi connectivity index (χ0n) is 7.48. The Bertz CT molecular complexity index is 420. The van der Waals surface area contributed by atoms with E-state index in [0.717, 1.165) is 4.47 Å². The molecule has 1 aromatic rings. The molecule has 0 bridgehead atoms. The fraction of sp³-hybridized carbons (Fsp3) is 0. The summed E-state index contributed by atoms with van der Waals surface area (Å²) in [7, 11) is 0. The summed E-state index contributed by atoms with van der Waals surface area (Å²) in [5, 5.41) is 17.3. The lowest BCUT2D eigenvalue weighted by molar-refractivity contribution is -0.133. The molecule has 1 aromatic carbocycles. The van der Waals surface area contributed by atoms with E-state index in [2.05, 4.69) is 15.9 Å². The number of benzene rings is 1. The largest absolute Gasteiger partial charge is 0.478 e. The summed E-state index contributed by atoms with van der Waals surface area (Å²) in [5.74, 6) is -2.55. The first-order valence-corrected chi connectivity index (χ1v) is 4.74. The third kappa shape index (κ3) is 3.21. The maximum absolute atomic E-state index is 10.8. The number of carboxylic acid groups (broad SMARTS) is 2. The van der Waals surface area contributed by atoms with Gasteiger partial charge in [-0.1, -0.05) is 28.1 Å². The Labute approximate surface area is 94.0 Å². The topological polar surface area (TPSA) is 74.6 Å². The lowest BCUT2D eigenvalue weighted by atomic mass is 10.1. The van der Waals surface area contributed by atoms with Gasteiger partial charge in [-0.05, 0) is 17.7 Å². The Morgan fingerprint density at radius 2 is 1.67 bits per heavy atom. The van der Waals surface area contributed by atoms with Gasteiger partial charge in [-0.15, -0.1) is 0 Å². The molecule has 0 aliphatic rings. The Hall–Kier alpha value is -1.62. The van der Waals surface area contributed by atoms with E-state index < -0.39 is 11.9 Å². The number of hydrogen-bond acceptors (Lipinski definition) is 2. The van der Waals surface area contributed by atoms with E-state index in [0.29, 0.717) is 11.6 Å². The van der Waals surface area contributed by atoms with Crippen molar-refractivity contribution in [3.05, 3.63) is 40.4 Å². The van der Waals surface area contributed by atoms with Gasteiger partial charge in [0.15, 0.2) is 0 Å². The standard InChI is InChI=1S/C10H7BrO4/c11-7-3-1-6(2-4-7)8(10(14)15)5-9(12)13/h1-5H,(H,12,13)(H,14,15)/b8-5-. The molecule has 0 aromatic heterocycles. The van der Waals surface area contributed by atoms with Crippen LogP contribution in [0.1, 0.15) is 5.56 Å². The minimum atomic E-state index is -1.28.